The van der Waals surface area contributed by atoms with Gasteiger partial charge in [0.1, 0.15) is 0 Å². The van der Waals surface area contributed by atoms with E-state index >= 15 is 0 Å². The summed E-state index contributed by atoms with van der Waals surface area (Å²) >= 11 is 0. The summed E-state index contributed by atoms with van der Waals surface area (Å²) in [6.07, 6.45) is 0.289. The number of rotatable bonds is 6. The lowest BCUT2D eigenvalue weighted by molar-refractivity contribution is 0.0135. The van der Waals surface area contributed by atoms with Gasteiger partial charge in [0.05, 0.1) is 23.7 Å². The van der Waals surface area contributed by atoms with Crippen LogP contribution in [0.3, 0.4) is 0 Å². The van der Waals surface area contributed by atoms with Crippen molar-refractivity contribution >= 4 is 9.84 Å². The second-order valence-corrected chi connectivity index (χ2v) is 8.88. The first kappa shape index (κ1) is 16.9. The van der Waals surface area contributed by atoms with Gasteiger partial charge in [0.2, 0.25) is 0 Å². The molecule has 0 heterocycles. The number of hydrogen-bond acceptors (Lipinski definition) is 4. The Hall–Kier alpha value is -0.130. The van der Waals surface area contributed by atoms with Crippen molar-refractivity contribution < 1.29 is 18.6 Å². The average molecular weight is 266 g/mol. The van der Waals surface area contributed by atoms with E-state index in [9.17, 15) is 18.6 Å². The van der Waals surface area contributed by atoms with Crippen LogP contribution in [0.2, 0.25) is 0 Å². The van der Waals surface area contributed by atoms with Crippen LogP contribution in [-0.2, 0) is 9.84 Å². The van der Waals surface area contributed by atoms with Crippen molar-refractivity contribution in [3.63, 3.8) is 0 Å². The Balaban J connectivity index is 4.87. The Bertz CT molecular complexity index is 321. The molecule has 5 heteroatoms. The van der Waals surface area contributed by atoms with Crippen molar-refractivity contribution in [3.05, 3.63) is 0 Å². The van der Waals surface area contributed by atoms with Crippen molar-refractivity contribution in [2.75, 3.05) is 19.0 Å². The Morgan fingerprint density at radius 1 is 1.06 bits per heavy atom. The third-order valence-corrected chi connectivity index (χ3v) is 6.26. The molecule has 0 amide bonds. The molecule has 17 heavy (non-hydrogen) atoms. The molecule has 0 saturated carbocycles. The van der Waals surface area contributed by atoms with E-state index in [4.69, 9.17) is 0 Å². The van der Waals surface area contributed by atoms with Gasteiger partial charge in [-0.05, 0) is 33.1 Å². The van der Waals surface area contributed by atoms with E-state index in [2.05, 4.69) is 0 Å². The molecule has 0 bridgehead atoms. The normalized spacial score (nSPS) is 14.4. The van der Waals surface area contributed by atoms with Crippen LogP contribution in [0.15, 0.2) is 0 Å². The first-order valence-corrected chi connectivity index (χ1v) is 7.61. The molecule has 0 aromatic heterocycles. The number of aliphatic hydroxyl groups is 2. The smallest absolute Gasteiger partial charge is 0.155 e. The summed E-state index contributed by atoms with van der Waals surface area (Å²) < 4.78 is 23.2. The van der Waals surface area contributed by atoms with Gasteiger partial charge in [-0.15, -0.1) is 0 Å². The zero-order valence-electron chi connectivity index (χ0n) is 11.5. The molecule has 4 nitrogen and oxygen atoms in total. The van der Waals surface area contributed by atoms with Crippen LogP contribution >= 0.6 is 0 Å². The molecule has 2 N–H and O–H groups in total. The molecular formula is C12H26O4S. The molecule has 0 aromatic rings. The second-order valence-electron chi connectivity index (χ2n) is 6.01. The van der Waals surface area contributed by atoms with Crippen LogP contribution in [0.25, 0.3) is 0 Å². The van der Waals surface area contributed by atoms with Gasteiger partial charge in [0, 0.05) is 5.41 Å². The first-order valence-electron chi connectivity index (χ1n) is 5.96. The molecule has 0 unspecified atom stereocenters. The standard InChI is InChI=1S/C12H26O4S/c1-10(2)12(8-13,9-14)6-7-17(15,16)11(3,4)5/h10,13-14H,6-9H2,1-5H3. The number of aliphatic hydroxyl groups excluding tert-OH is 2. The number of sulfone groups is 1. The maximum Gasteiger partial charge on any atom is 0.155 e. The molecule has 0 saturated heterocycles. The van der Waals surface area contributed by atoms with Gasteiger partial charge in [-0.3, -0.25) is 0 Å². The van der Waals surface area contributed by atoms with E-state index in [-0.39, 0.29) is 31.3 Å². The van der Waals surface area contributed by atoms with Crippen molar-refractivity contribution in [2.45, 2.75) is 45.8 Å². The minimum Gasteiger partial charge on any atom is -0.396 e. The van der Waals surface area contributed by atoms with Gasteiger partial charge < -0.3 is 10.2 Å². The van der Waals surface area contributed by atoms with Crippen LogP contribution in [-0.4, -0.2) is 42.3 Å². The predicted octanol–water partition coefficient (Wildman–Crippen LogP) is 1.22. The van der Waals surface area contributed by atoms with E-state index < -0.39 is 20.0 Å². The molecule has 0 rings (SSSR count). The third-order valence-electron chi connectivity index (χ3n) is 3.66. The lowest BCUT2D eigenvalue weighted by Crippen LogP contribution is -2.40. The molecular weight excluding hydrogens is 240 g/mol. The molecule has 0 radical (unpaired) electrons. The molecule has 0 aromatic carbocycles. The molecule has 0 spiro atoms. The van der Waals surface area contributed by atoms with Crippen molar-refractivity contribution in [1.29, 1.82) is 0 Å². The van der Waals surface area contributed by atoms with E-state index in [1.807, 2.05) is 13.8 Å². The molecule has 0 fully saturated rings. The van der Waals surface area contributed by atoms with E-state index in [1.165, 1.54) is 0 Å². The zero-order chi connectivity index (χ0) is 13.9. The summed E-state index contributed by atoms with van der Waals surface area (Å²) in [6.45, 7) is 8.37. The third kappa shape index (κ3) is 3.93. The molecule has 0 aliphatic rings. The first-order chi connectivity index (χ1) is 7.52. The van der Waals surface area contributed by atoms with E-state index in [1.54, 1.807) is 20.8 Å². The summed E-state index contributed by atoms with van der Waals surface area (Å²) in [4.78, 5) is 0. The maximum absolute atomic E-state index is 12.0. The summed E-state index contributed by atoms with van der Waals surface area (Å²) in [7, 11) is -3.21. The minimum atomic E-state index is -3.21. The quantitative estimate of drug-likeness (QED) is 0.758. The van der Waals surface area contributed by atoms with Gasteiger partial charge in [-0.25, -0.2) is 8.42 Å². The molecule has 0 atom stereocenters. The highest BCUT2D eigenvalue weighted by molar-refractivity contribution is 7.92. The highest BCUT2D eigenvalue weighted by Gasteiger charge is 2.37. The minimum absolute atomic E-state index is 0.00417. The Kier molecular flexibility index (Phi) is 5.63. The summed E-state index contributed by atoms with van der Waals surface area (Å²) in [5.41, 5.74) is -0.710. The van der Waals surface area contributed by atoms with Crippen molar-refractivity contribution in [1.82, 2.24) is 0 Å². The Morgan fingerprint density at radius 3 is 1.71 bits per heavy atom. The fraction of sp³-hybridized carbons (Fsp3) is 1.00. The highest BCUT2D eigenvalue weighted by Crippen LogP contribution is 2.32. The van der Waals surface area contributed by atoms with Gasteiger partial charge in [0.15, 0.2) is 9.84 Å². The topological polar surface area (TPSA) is 74.6 Å². The lowest BCUT2D eigenvalue weighted by Gasteiger charge is -2.34. The molecule has 104 valence electrons. The largest absolute Gasteiger partial charge is 0.396 e. The highest BCUT2D eigenvalue weighted by atomic mass is 32.2. The van der Waals surface area contributed by atoms with Gasteiger partial charge in [0.25, 0.3) is 0 Å². The SMILES string of the molecule is CC(C)C(CO)(CO)CCS(=O)(=O)C(C)(C)C. The fourth-order valence-electron chi connectivity index (χ4n) is 1.51. The molecule has 0 aliphatic heterocycles. The van der Waals surface area contributed by atoms with Crippen LogP contribution in [0.1, 0.15) is 41.0 Å². The van der Waals surface area contributed by atoms with Crippen LogP contribution in [0.4, 0.5) is 0 Å². The van der Waals surface area contributed by atoms with Gasteiger partial charge in [-0.2, -0.15) is 0 Å². The van der Waals surface area contributed by atoms with E-state index in [0.29, 0.717) is 0 Å². The summed E-state index contributed by atoms with van der Waals surface area (Å²) in [5, 5.41) is 18.8. The van der Waals surface area contributed by atoms with Crippen LogP contribution in [0, 0.1) is 11.3 Å². The lowest BCUT2D eigenvalue weighted by atomic mass is 9.76. The van der Waals surface area contributed by atoms with Crippen LogP contribution < -0.4 is 0 Å². The fourth-order valence-corrected chi connectivity index (χ4v) is 2.79. The van der Waals surface area contributed by atoms with Crippen LogP contribution in [0.5, 0.6) is 0 Å². The van der Waals surface area contributed by atoms with Gasteiger partial charge in [-0.1, -0.05) is 13.8 Å². The average Bonchev–Trinajstić information content (AvgIpc) is 2.17. The number of hydrogen-bond donors (Lipinski definition) is 2. The maximum atomic E-state index is 12.0. The Labute approximate surface area is 105 Å². The van der Waals surface area contributed by atoms with E-state index in [0.717, 1.165) is 0 Å². The zero-order valence-corrected chi connectivity index (χ0v) is 12.3. The molecule has 0 aliphatic carbocycles. The Morgan fingerprint density at radius 2 is 1.47 bits per heavy atom. The monoisotopic (exact) mass is 266 g/mol. The summed E-state index contributed by atoms with van der Waals surface area (Å²) in [5.74, 6) is 0.0307. The second kappa shape index (κ2) is 5.67. The van der Waals surface area contributed by atoms with Gasteiger partial charge >= 0.3 is 0 Å². The predicted molar refractivity (Wildman–Crippen MR) is 69.6 cm³/mol. The summed E-state index contributed by atoms with van der Waals surface area (Å²) in [6, 6.07) is 0. The van der Waals surface area contributed by atoms with Crippen molar-refractivity contribution in [2.24, 2.45) is 11.3 Å². The van der Waals surface area contributed by atoms with Crippen molar-refractivity contribution in [3.8, 4) is 0 Å².